The van der Waals surface area contributed by atoms with E-state index in [1.54, 1.807) is 0 Å². The number of carbonyl (C=O) groups is 2. The predicted octanol–water partition coefficient (Wildman–Crippen LogP) is 13.3. The van der Waals surface area contributed by atoms with Crippen molar-refractivity contribution in [3.05, 3.63) is 24.3 Å². The zero-order chi connectivity index (χ0) is 43.3. The highest BCUT2D eigenvalue weighted by Crippen LogP contribution is 2.43. The van der Waals surface area contributed by atoms with E-state index in [9.17, 15) is 24.2 Å². The number of hydrogen-bond acceptors (Lipinski definition) is 9. The molecule has 0 fully saturated rings. The molecule has 1 unspecified atom stereocenters. The second-order valence-electron chi connectivity index (χ2n) is 16.5. The van der Waals surface area contributed by atoms with E-state index < -0.39 is 51.8 Å². The molecule has 0 aliphatic carbocycles. The minimum Gasteiger partial charge on any atom is -0.462 e. The van der Waals surface area contributed by atoms with E-state index >= 15 is 0 Å². The number of rotatable bonds is 46. The van der Waals surface area contributed by atoms with Crippen LogP contribution < -0.4 is 0 Å². The summed E-state index contributed by atoms with van der Waals surface area (Å²) in [6.45, 7) is 2.38. The second-order valence-corrected chi connectivity index (χ2v) is 17.9. The van der Waals surface area contributed by atoms with Gasteiger partial charge in [-0.3, -0.25) is 18.6 Å². The van der Waals surface area contributed by atoms with Crippen molar-refractivity contribution >= 4 is 19.8 Å². The molecule has 0 amide bonds. The Labute approximate surface area is 361 Å². The Bertz CT molecular complexity index is 1040. The smallest absolute Gasteiger partial charge is 0.462 e. The Balaban J connectivity index is 4.19. The molecular weight excluding hydrogens is 767 g/mol. The lowest BCUT2D eigenvalue weighted by Crippen LogP contribution is -2.29. The van der Waals surface area contributed by atoms with E-state index in [4.69, 9.17) is 23.6 Å². The van der Waals surface area contributed by atoms with E-state index in [1.807, 2.05) is 0 Å². The number of unbranched alkanes of at least 4 members (excludes halogenated alkanes) is 28. The third kappa shape index (κ3) is 44.3. The molecule has 0 aliphatic rings. The van der Waals surface area contributed by atoms with Crippen LogP contribution in [0, 0.1) is 0 Å². The van der Waals surface area contributed by atoms with Crippen LogP contribution in [-0.4, -0.2) is 65.7 Å². The molecule has 0 spiro atoms. The van der Waals surface area contributed by atoms with E-state index in [0.29, 0.717) is 12.8 Å². The molecule has 0 radical (unpaired) electrons. The van der Waals surface area contributed by atoms with Crippen LogP contribution in [0.4, 0.5) is 0 Å². The Kier molecular flexibility index (Phi) is 43.3. The monoisotopic (exact) mass is 859 g/mol. The number of hydrogen-bond donors (Lipinski definition) is 3. The van der Waals surface area contributed by atoms with Crippen LogP contribution in [0.2, 0.25) is 0 Å². The van der Waals surface area contributed by atoms with Gasteiger partial charge in [0.05, 0.1) is 19.8 Å². The first-order valence-electron chi connectivity index (χ1n) is 24.3. The Hall–Kier alpha value is -1.55. The van der Waals surface area contributed by atoms with Crippen molar-refractivity contribution in [2.45, 2.75) is 244 Å². The molecule has 0 saturated heterocycles. The van der Waals surface area contributed by atoms with Crippen LogP contribution in [0.1, 0.15) is 232 Å². The summed E-state index contributed by atoms with van der Waals surface area (Å²) in [7, 11) is -4.62. The number of esters is 2. The van der Waals surface area contributed by atoms with Gasteiger partial charge in [-0.15, -0.1) is 0 Å². The number of phosphoric ester groups is 1. The maximum absolute atomic E-state index is 12.6. The summed E-state index contributed by atoms with van der Waals surface area (Å²) in [6.07, 6.45) is 45.8. The first-order chi connectivity index (χ1) is 28.7. The summed E-state index contributed by atoms with van der Waals surface area (Å²) in [5.41, 5.74) is 0. The molecule has 0 bridgehead atoms. The average Bonchev–Trinajstić information content (AvgIpc) is 3.22. The molecule has 0 heterocycles. The van der Waals surface area contributed by atoms with Crippen molar-refractivity contribution < 1.29 is 47.8 Å². The maximum Gasteiger partial charge on any atom is 0.472 e. The van der Waals surface area contributed by atoms with Gasteiger partial charge < -0.3 is 24.6 Å². The lowest BCUT2D eigenvalue weighted by Gasteiger charge is -2.20. The summed E-state index contributed by atoms with van der Waals surface area (Å²) in [6, 6.07) is 0. The van der Waals surface area contributed by atoms with Gasteiger partial charge in [-0.1, -0.05) is 179 Å². The Morgan fingerprint density at radius 3 is 1.25 bits per heavy atom. The summed E-state index contributed by atoms with van der Waals surface area (Å²) in [5, 5.41) is 18.4. The van der Waals surface area contributed by atoms with Gasteiger partial charge in [-0.25, -0.2) is 4.57 Å². The van der Waals surface area contributed by atoms with Crippen molar-refractivity contribution in [3.8, 4) is 0 Å². The molecule has 0 aromatic carbocycles. The largest absolute Gasteiger partial charge is 0.472 e. The molecule has 348 valence electrons. The minimum absolute atomic E-state index is 0.157. The van der Waals surface area contributed by atoms with Gasteiger partial charge in [0.25, 0.3) is 0 Å². The van der Waals surface area contributed by atoms with Gasteiger partial charge in [0.1, 0.15) is 12.7 Å². The minimum atomic E-state index is -4.62. The first-order valence-corrected chi connectivity index (χ1v) is 25.8. The average molecular weight is 859 g/mol. The van der Waals surface area contributed by atoms with E-state index in [2.05, 4.69) is 38.2 Å². The fourth-order valence-corrected chi connectivity index (χ4v) is 7.60. The zero-order valence-electron chi connectivity index (χ0n) is 38.0. The third-order valence-corrected chi connectivity index (χ3v) is 11.5. The van der Waals surface area contributed by atoms with Crippen LogP contribution in [0.3, 0.4) is 0 Å². The predicted molar refractivity (Wildman–Crippen MR) is 242 cm³/mol. The summed E-state index contributed by atoms with van der Waals surface area (Å²) >= 11 is 0. The summed E-state index contributed by atoms with van der Waals surface area (Å²) in [5.74, 6) is -0.942. The van der Waals surface area contributed by atoms with Gasteiger partial charge in [0, 0.05) is 12.8 Å². The highest BCUT2D eigenvalue weighted by Gasteiger charge is 2.27. The molecular formula is C48H91O10P. The third-order valence-electron chi connectivity index (χ3n) is 10.6. The van der Waals surface area contributed by atoms with Crippen LogP contribution in [0.25, 0.3) is 0 Å². The fraction of sp³-hybridized carbons (Fsp3) is 0.875. The lowest BCUT2D eigenvalue weighted by molar-refractivity contribution is -0.161. The molecule has 10 nitrogen and oxygen atoms in total. The lowest BCUT2D eigenvalue weighted by atomic mass is 10.0. The number of allylic oxidation sites excluding steroid dienone is 4. The highest BCUT2D eigenvalue weighted by atomic mass is 31.2. The standard InChI is InChI=1S/C48H91O10P/c1-3-5-7-9-11-13-15-17-19-20-21-22-23-24-26-27-29-31-33-35-37-39-47(51)55-43-46(44-57-59(53,54)56-42-45(50)41-49)58-48(52)40-38-36-34-32-30-28-25-18-16-14-12-10-8-6-4-2/h17,19,30,32,45-46,49-50H,3-16,18,20-29,31,33-44H2,1-2H3,(H,53,54)/b19-17+,32-30+/t45-,46+/m1/s1. The number of aliphatic hydroxyl groups excluding tert-OH is 2. The summed E-state index contributed by atoms with van der Waals surface area (Å²) in [4.78, 5) is 35.1. The normalized spacial score (nSPS) is 13.9. The van der Waals surface area contributed by atoms with Gasteiger partial charge >= 0.3 is 19.8 Å². The number of phosphoric acid groups is 1. The molecule has 11 heteroatoms. The molecule has 0 rings (SSSR count). The van der Waals surface area contributed by atoms with Crippen molar-refractivity contribution in [1.29, 1.82) is 0 Å². The maximum atomic E-state index is 12.6. The molecule has 59 heavy (non-hydrogen) atoms. The van der Waals surface area contributed by atoms with Gasteiger partial charge in [-0.05, 0) is 64.2 Å². The number of carbonyl (C=O) groups excluding carboxylic acids is 2. The first kappa shape index (κ1) is 57.4. The van der Waals surface area contributed by atoms with Gasteiger partial charge in [0.2, 0.25) is 0 Å². The quantitative estimate of drug-likeness (QED) is 0.0234. The fourth-order valence-electron chi connectivity index (χ4n) is 6.81. The zero-order valence-corrected chi connectivity index (χ0v) is 38.9. The van der Waals surface area contributed by atoms with Gasteiger partial charge in [-0.2, -0.15) is 0 Å². The molecule has 0 aromatic heterocycles. The molecule has 0 saturated carbocycles. The Morgan fingerprint density at radius 2 is 0.831 bits per heavy atom. The highest BCUT2D eigenvalue weighted by molar-refractivity contribution is 7.47. The van der Waals surface area contributed by atoms with Crippen molar-refractivity contribution in [2.24, 2.45) is 0 Å². The number of ether oxygens (including phenoxy) is 2. The topological polar surface area (TPSA) is 149 Å². The van der Waals surface area contributed by atoms with Crippen LogP contribution >= 0.6 is 7.82 Å². The van der Waals surface area contributed by atoms with Crippen LogP contribution in [-0.2, 0) is 32.7 Å². The SMILES string of the molecule is CCCCCCCC/C=C/CCCCCCCCCCCCCC(=O)OC[C@@H](COP(=O)(O)OC[C@H](O)CO)OC(=O)CCCC/C=C/CCCCCCCCCCC. The molecule has 0 aliphatic heterocycles. The number of aliphatic hydroxyl groups is 2. The van der Waals surface area contributed by atoms with Crippen molar-refractivity contribution in [1.82, 2.24) is 0 Å². The van der Waals surface area contributed by atoms with E-state index in [1.165, 1.54) is 154 Å². The van der Waals surface area contributed by atoms with E-state index in [0.717, 1.165) is 38.5 Å². The van der Waals surface area contributed by atoms with Crippen LogP contribution in [0.15, 0.2) is 24.3 Å². The van der Waals surface area contributed by atoms with Crippen LogP contribution in [0.5, 0.6) is 0 Å². The molecule has 3 N–H and O–H groups in total. The summed E-state index contributed by atoms with van der Waals surface area (Å²) < 4.78 is 32.8. The van der Waals surface area contributed by atoms with E-state index in [-0.39, 0.29) is 19.4 Å². The van der Waals surface area contributed by atoms with Gasteiger partial charge in [0.15, 0.2) is 6.10 Å². The second kappa shape index (κ2) is 44.5. The molecule has 3 atom stereocenters. The van der Waals surface area contributed by atoms with Crippen molar-refractivity contribution in [3.63, 3.8) is 0 Å². The Morgan fingerprint density at radius 1 is 0.492 bits per heavy atom. The van der Waals surface area contributed by atoms with Crippen molar-refractivity contribution in [2.75, 3.05) is 26.4 Å². The molecule has 0 aromatic rings.